The lowest BCUT2D eigenvalue weighted by Crippen LogP contribution is -2.49. The number of anilines is 1. The number of aromatic nitrogens is 1. The number of hydrogen-bond donors (Lipinski definition) is 2. The molecule has 9 nitrogen and oxygen atoms in total. The summed E-state index contributed by atoms with van der Waals surface area (Å²) in [5.41, 5.74) is 4.95. The lowest BCUT2D eigenvalue weighted by molar-refractivity contribution is -0.194. The maximum atomic E-state index is 13.0. The Morgan fingerprint density at radius 2 is 1.80 bits per heavy atom. The Labute approximate surface area is 243 Å². The summed E-state index contributed by atoms with van der Waals surface area (Å²) in [6, 6.07) is 18.6. The number of H-pyrrole nitrogens is 1. The van der Waals surface area contributed by atoms with Gasteiger partial charge in [-0.1, -0.05) is 36.7 Å². The maximum Gasteiger partial charge on any atom is 0.240 e. The van der Waals surface area contributed by atoms with Crippen molar-refractivity contribution in [1.29, 1.82) is 0 Å². The van der Waals surface area contributed by atoms with E-state index >= 15 is 0 Å². The van der Waals surface area contributed by atoms with Gasteiger partial charge in [-0.05, 0) is 49.0 Å². The number of benzene rings is 3. The number of carbonyl (C=O) groups excluding carboxylic acids is 1. The van der Waals surface area contributed by atoms with Crippen LogP contribution in [0.15, 0.2) is 65.7 Å². The predicted octanol–water partition coefficient (Wildman–Crippen LogP) is 5.12. The van der Waals surface area contributed by atoms with Crippen molar-refractivity contribution >= 4 is 45.5 Å². The molecule has 2 aliphatic rings. The lowest BCUT2D eigenvalue weighted by Gasteiger charge is -2.34. The molecule has 0 radical (unpaired) electrons. The zero-order valence-electron chi connectivity index (χ0n) is 23.1. The fraction of sp³-hybridized carbons (Fsp3) is 0.290. The third-order valence-corrected chi connectivity index (χ3v) is 8.04. The Bertz CT molecular complexity index is 1610. The highest BCUT2D eigenvalue weighted by molar-refractivity contribution is 6.31. The van der Waals surface area contributed by atoms with Crippen molar-refractivity contribution in [2.75, 3.05) is 51.2 Å². The second-order valence-corrected chi connectivity index (χ2v) is 10.8. The predicted molar refractivity (Wildman–Crippen MR) is 161 cm³/mol. The number of aromatic hydroxyl groups is 1. The van der Waals surface area contributed by atoms with E-state index in [1.54, 1.807) is 24.1 Å². The summed E-state index contributed by atoms with van der Waals surface area (Å²) >= 11 is 6.20. The van der Waals surface area contributed by atoms with Crippen LogP contribution in [-0.2, 0) is 16.3 Å². The number of fused-ring (bicyclic) bond motifs is 2. The Kier molecular flexibility index (Phi) is 7.68. The standard InChI is InChI=1S/C31H32ClN5O4/c1-3-36-12-14-37(15-13-36)18-28(38)35(2)24-9-7-23(8-10-24)33-30(20-4-5-21-19-40-41-27(21)16-20)29-25-11-6-22(32)17-26(25)34-31(29)39/h4-11,16-17,34,39H,3,12-15,18-19H2,1-2H3. The highest BCUT2D eigenvalue weighted by atomic mass is 35.5. The second-order valence-electron chi connectivity index (χ2n) is 10.3. The van der Waals surface area contributed by atoms with Gasteiger partial charge >= 0.3 is 0 Å². The first kappa shape index (κ1) is 27.3. The zero-order chi connectivity index (χ0) is 28.5. The number of halogens is 1. The van der Waals surface area contributed by atoms with E-state index in [0.29, 0.717) is 46.4 Å². The third kappa shape index (κ3) is 5.67. The van der Waals surface area contributed by atoms with Gasteiger partial charge in [0.25, 0.3) is 0 Å². The van der Waals surface area contributed by atoms with Crippen LogP contribution in [0.2, 0.25) is 5.02 Å². The second kappa shape index (κ2) is 11.5. The lowest BCUT2D eigenvalue weighted by atomic mass is 9.99. The van der Waals surface area contributed by atoms with Crippen molar-refractivity contribution in [1.82, 2.24) is 14.8 Å². The van der Waals surface area contributed by atoms with Gasteiger partial charge in [0.05, 0.1) is 29.0 Å². The Hall–Kier alpha value is -3.89. The van der Waals surface area contributed by atoms with Gasteiger partial charge in [0.1, 0.15) is 6.61 Å². The van der Waals surface area contributed by atoms with Gasteiger partial charge in [-0.15, -0.1) is 0 Å². The van der Waals surface area contributed by atoms with Crippen molar-refractivity contribution in [3.8, 4) is 11.6 Å². The van der Waals surface area contributed by atoms with Gasteiger partial charge in [-0.3, -0.25) is 9.69 Å². The highest BCUT2D eigenvalue weighted by Gasteiger charge is 2.23. The van der Waals surface area contributed by atoms with E-state index in [0.717, 1.165) is 54.9 Å². The highest BCUT2D eigenvalue weighted by Crippen LogP contribution is 2.35. The first-order chi connectivity index (χ1) is 19.9. The first-order valence-corrected chi connectivity index (χ1v) is 14.1. The number of aromatic amines is 1. The van der Waals surface area contributed by atoms with Gasteiger partial charge in [-0.25, -0.2) is 4.99 Å². The number of rotatable bonds is 7. The summed E-state index contributed by atoms with van der Waals surface area (Å²) in [6.45, 7) is 7.76. The molecule has 2 N–H and O–H groups in total. The molecule has 1 amide bonds. The van der Waals surface area contributed by atoms with Crippen molar-refractivity contribution in [3.63, 3.8) is 0 Å². The van der Waals surface area contributed by atoms with Gasteiger partial charge < -0.3 is 24.8 Å². The molecule has 6 rings (SSSR count). The molecule has 0 bridgehead atoms. The summed E-state index contributed by atoms with van der Waals surface area (Å²) < 4.78 is 0. The van der Waals surface area contributed by atoms with Crippen LogP contribution >= 0.6 is 11.6 Å². The minimum absolute atomic E-state index is 0.0135. The monoisotopic (exact) mass is 573 g/mol. The average molecular weight is 574 g/mol. The quantitative estimate of drug-likeness (QED) is 0.235. The molecule has 3 heterocycles. The number of nitrogens with zero attached hydrogens (tertiary/aromatic N) is 4. The van der Waals surface area contributed by atoms with Gasteiger partial charge in [-0.2, -0.15) is 4.89 Å². The first-order valence-electron chi connectivity index (χ1n) is 13.7. The Morgan fingerprint density at radius 3 is 2.56 bits per heavy atom. The van der Waals surface area contributed by atoms with E-state index in [9.17, 15) is 9.90 Å². The van der Waals surface area contributed by atoms with E-state index in [1.807, 2.05) is 48.5 Å². The molecule has 0 atom stereocenters. The summed E-state index contributed by atoms with van der Waals surface area (Å²) in [4.78, 5) is 37.8. The van der Waals surface area contributed by atoms with Gasteiger partial charge in [0.2, 0.25) is 5.91 Å². The molecular formula is C31H32ClN5O4. The topological polar surface area (TPSA) is 93.6 Å². The smallest absolute Gasteiger partial charge is 0.240 e. The third-order valence-electron chi connectivity index (χ3n) is 7.80. The van der Waals surface area contributed by atoms with E-state index in [2.05, 4.69) is 21.7 Å². The molecular weight excluding hydrogens is 542 g/mol. The van der Waals surface area contributed by atoms with Crippen molar-refractivity contribution in [3.05, 3.63) is 82.4 Å². The number of hydrogen-bond acceptors (Lipinski definition) is 7. The molecule has 0 unspecified atom stereocenters. The van der Waals surface area contributed by atoms with Crippen LogP contribution in [0.4, 0.5) is 11.4 Å². The SMILES string of the molecule is CCN1CCN(CC(=O)N(C)c2ccc(N=C(c3ccc4c(c3)OOC4)c3c(O)[nH]c4cc(Cl)ccc34)cc2)CC1. The van der Waals surface area contributed by atoms with E-state index in [4.69, 9.17) is 26.4 Å². The van der Waals surface area contributed by atoms with Gasteiger partial charge in [0.15, 0.2) is 11.6 Å². The molecule has 2 aliphatic heterocycles. The minimum atomic E-state index is -0.0135. The fourth-order valence-corrected chi connectivity index (χ4v) is 5.47. The molecule has 1 fully saturated rings. The summed E-state index contributed by atoms with van der Waals surface area (Å²) in [5, 5.41) is 12.3. The average Bonchev–Trinajstić information content (AvgIpc) is 3.59. The normalized spacial score (nSPS) is 16.1. The van der Waals surface area contributed by atoms with E-state index in [1.165, 1.54) is 0 Å². The van der Waals surface area contributed by atoms with E-state index < -0.39 is 0 Å². The molecule has 1 aromatic heterocycles. The number of nitrogens with one attached hydrogen (secondary N) is 1. The summed E-state index contributed by atoms with van der Waals surface area (Å²) in [7, 11) is 1.80. The molecule has 10 heteroatoms. The van der Waals surface area contributed by atoms with Crippen LogP contribution in [0.5, 0.6) is 11.6 Å². The maximum absolute atomic E-state index is 13.0. The number of amides is 1. The molecule has 41 heavy (non-hydrogen) atoms. The fourth-order valence-electron chi connectivity index (χ4n) is 5.30. The van der Waals surface area contributed by atoms with E-state index in [-0.39, 0.29) is 11.8 Å². The molecule has 3 aromatic carbocycles. The summed E-state index contributed by atoms with van der Waals surface area (Å²) in [6.07, 6.45) is 0. The molecule has 0 saturated carbocycles. The Balaban J connectivity index is 1.29. The Morgan fingerprint density at radius 1 is 1.05 bits per heavy atom. The van der Waals surface area contributed by atoms with Crippen molar-refractivity contribution in [2.24, 2.45) is 4.99 Å². The number of carbonyl (C=O) groups is 1. The molecule has 0 spiro atoms. The largest absolute Gasteiger partial charge is 0.494 e. The van der Waals surface area contributed by atoms with Crippen LogP contribution in [0.3, 0.4) is 0 Å². The molecule has 212 valence electrons. The van der Waals surface area contributed by atoms with Crippen LogP contribution in [0.25, 0.3) is 10.9 Å². The van der Waals surface area contributed by atoms with Crippen molar-refractivity contribution < 1.29 is 19.7 Å². The van der Waals surface area contributed by atoms with Crippen LogP contribution < -0.4 is 9.79 Å². The zero-order valence-corrected chi connectivity index (χ0v) is 23.8. The van der Waals surface area contributed by atoms with Crippen LogP contribution in [-0.4, -0.2) is 77.8 Å². The van der Waals surface area contributed by atoms with Crippen molar-refractivity contribution in [2.45, 2.75) is 13.5 Å². The van der Waals surface area contributed by atoms with Crippen LogP contribution in [0.1, 0.15) is 23.6 Å². The molecule has 4 aromatic rings. The number of aliphatic imine (C=N–C) groups is 1. The minimum Gasteiger partial charge on any atom is -0.494 e. The van der Waals surface area contributed by atoms with Crippen LogP contribution in [0, 0.1) is 0 Å². The summed E-state index contributed by atoms with van der Waals surface area (Å²) in [5.74, 6) is 0.652. The number of likely N-dealkylation sites (N-methyl/N-ethyl adjacent to an activating group) is 2. The molecule has 0 aliphatic carbocycles. The number of piperazine rings is 1. The molecule has 1 saturated heterocycles. The van der Waals surface area contributed by atoms with Gasteiger partial charge in [0, 0.05) is 60.4 Å².